The van der Waals surface area contributed by atoms with Gasteiger partial charge in [-0.15, -0.1) is 0 Å². The molecule has 0 aliphatic rings. The number of carboxylic acids is 1. The highest BCUT2D eigenvalue weighted by atomic mass is 32.2. The van der Waals surface area contributed by atoms with Gasteiger partial charge in [-0.25, -0.2) is 0 Å². The van der Waals surface area contributed by atoms with Crippen LogP contribution in [0.15, 0.2) is 42.5 Å². The van der Waals surface area contributed by atoms with E-state index in [1.807, 2.05) is 48.7 Å². The molecule has 0 aliphatic heterocycles. The Hall–Kier alpha value is -2.01. The zero-order valence-corrected chi connectivity index (χ0v) is 12.5. The number of rotatable bonds is 6. The maximum atomic E-state index is 11.7. The summed E-state index contributed by atoms with van der Waals surface area (Å²) in [6.45, 7) is 0. The fraction of sp³-hybridized carbons (Fsp3) is 0.250. The third-order valence-electron chi connectivity index (χ3n) is 3.17. The van der Waals surface area contributed by atoms with Gasteiger partial charge in [-0.1, -0.05) is 36.4 Å². The maximum absolute atomic E-state index is 11.7. The molecular weight excluding hydrogens is 286 g/mol. The molecule has 2 N–H and O–H groups in total. The maximum Gasteiger partial charge on any atom is 0.305 e. The Morgan fingerprint density at radius 3 is 2.57 bits per heavy atom. The number of amides is 1. The number of hydrogen-bond donors (Lipinski definition) is 2. The first-order valence-corrected chi connectivity index (χ1v) is 7.98. The number of thioether (sulfide) groups is 1. The van der Waals surface area contributed by atoms with Crippen LogP contribution in [-0.4, -0.2) is 29.0 Å². The Morgan fingerprint density at radius 2 is 1.90 bits per heavy atom. The molecule has 0 aliphatic carbocycles. The summed E-state index contributed by atoms with van der Waals surface area (Å²) in [6, 6.07) is 13.1. The number of carbonyl (C=O) groups is 2. The van der Waals surface area contributed by atoms with Crippen LogP contribution in [0.3, 0.4) is 0 Å². The molecule has 0 saturated heterocycles. The van der Waals surface area contributed by atoms with Crippen LogP contribution in [0.1, 0.15) is 18.0 Å². The largest absolute Gasteiger partial charge is 0.481 e. The van der Waals surface area contributed by atoms with E-state index < -0.39 is 12.0 Å². The molecule has 2 aromatic rings. The van der Waals surface area contributed by atoms with Gasteiger partial charge in [-0.3, -0.25) is 9.59 Å². The van der Waals surface area contributed by atoms with Crippen molar-refractivity contribution in [2.24, 2.45) is 0 Å². The molecule has 2 aromatic carbocycles. The number of aliphatic carboxylic acids is 1. The standard InChI is InChI=1S/C16H17NO3S/c1-21-10-15(18)17-14(9-16(19)20)13-7-6-11-4-2-3-5-12(11)8-13/h2-8,14H,9-10H2,1H3,(H,17,18)(H,19,20)/t14-/m0/s1. The number of carbonyl (C=O) groups excluding carboxylic acids is 1. The predicted octanol–water partition coefficient (Wildman–Crippen LogP) is 2.83. The van der Waals surface area contributed by atoms with Gasteiger partial charge in [0.25, 0.3) is 0 Å². The van der Waals surface area contributed by atoms with Gasteiger partial charge in [0.05, 0.1) is 18.2 Å². The summed E-state index contributed by atoms with van der Waals surface area (Å²) in [5, 5.41) is 14.0. The van der Waals surface area contributed by atoms with Crippen LogP contribution >= 0.6 is 11.8 Å². The molecule has 0 spiro atoms. The minimum atomic E-state index is -0.933. The van der Waals surface area contributed by atoms with E-state index in [2.05, 4.69) is 5.32 Å². The molecule has 1 atom stereocenters. The first kappa shape index (κ1) is 15.4. The highest BCUT2D eigenvalue weighted by molar-refractivity contribution is 7.99. The first-order chi connectivity index (χ1) is 10.1. The number of nitrogens with one attached hydrogen (secondary N) is 1. The van der Waals surface area contributed by atoms with Crippen molar-refractivity contribution >= 4 is 34.4 Å². The van der Waals surface area contributed by atoms with Crippen molar-refractivity contribution < 1.29 is 14.7 Å². The fourth-order valence-corrected chi connectivity index (χ4v) is 2.56. The molecule has 0 unspecified atom stereocenters. The van der Waals surface area contributed by atoms with Gasteiger partial charge < -0.3 is 10.4 Å². The molecule has 110 valence electrons. The molecule has 0 aromatic heterocycles. The summed E-state index contributed by atoms with van der Waals surface area (Å²) >= 11 is 1.41. The summed E-state index contributed by atoms with van der Waals surface area (Å²) in [5.41, 5.74) is 0.811. The Kier molecular flexibility index (Phi) is 5.22. The van der Waals surface area contributed by atoms with Gasteiger partial charge in [-0.05, 0) is 28.7 Å². The van der Waals surface area contributed by atoms with Gasteiger partial charge in [0.15, 0.2) is 0 Å². The lowest BCUT2D eigenvalue weighted by molar-refractivity contribution is -0.137. The monoisotopic (exact) mass is 303 g/mol. The van der Waals surface area contributed by atoms with Gasteiger partial charge >= 0.3 is 5.97 Å². The van der Waals surface area contributed by atoms with E-state index in [9.17, 15) is 9.59 Å². The average molecular weight is 303 g/mol. The molecule has 0 bridgehead atoms. The van der Waals surface area contributed by atoms with Crippen LogP contribution < -0.4 is 5.32 Å². The third kappa shape index (κ3) is 4.23. The molecule has 0 radical (unpaired) electrons. The molecule has 0 saturated carbocycles. The Balaban J connectivity index is 2.28. The summed E-state index contributed by atoms with van der Waals surface area (Å²) < 4.78 is 0. The van der Waals surface area contributed by atoms with Crippen molar-refractivity contribution in [1.82, 2.24) is 5.32 Å². The van der Waals surface area contributed by atoms with Crippen LogP contribution in [0.5, 0.6) is 0 Å². The quantitative estimate of drug-likeness (QED) is 0.861. The van der Waals surface area contributed by atoms with Crippen LogP contribution in [0, 0.1) is 0 Å². The first-order valence-electron chi connectivity index (χ1n) is 6.59. The zero-order valence-electron chi connectivity index (χ0n) is 11.7. The lowest BCUT2D eigenvalue weighted by Crippen LogP contribution is -2.31. The number of benzene rings is 2. The fourth-order valence-electron chi connectivity index (χ4n) is 2.22. The number of carboxylic acid groups (broad SMARTS) is 1. The van der Waals surface area contributed by atoms with Crippen molar-refractivity contribution in [3.05, 3.63) is 48.0 Å². The van der Waals surface area contributed by atoms with Crippen molar-refractivity contribution in [1.29, 1.82) is 0 Å². The SMILES string of the molecule is CSCC(=O)N[C@@H](CC(=O)O)c1ccc2ccccc2c1. The van der Waals surface area contributed by atoms with Gasteiger partial charge in [-0.2, -0.15) is 11.8 Å². The lowest BCUT2D eigenvalue weighted by Gasteiger charge is -2.18. The van der Waals surface area contributed by atoms with Gasteiger partial charge in [0, 0.05) is 0 Å². The second-order valence-corrected chi connectivity index (χ2v) is 5.62. The van der Waals surface area contributed by atoms with Gasteiger partial charge in [0.1, 0.15) is 0 Å². The average Bonchev–Trinajstić information content (AvgIpc) is 2.46. The van der Waals surface area contributed by atoms with E-state index in [0.29, 0.717) is 5.75 Å². The zero-order chi connectivity index (χ0) is 15.2. The Bertz CT molecular complexity index is 657. The van der Waals surface area contributed by atoms with E-state index in [-0.39, 0.29) is 12.3 Å². The van der Waals surface area contributed by atoms with E-state index in [4.69, 9.17) is 5.11 Å². The number of fused-ring (bicyclic) bond motifs is 1. The summed E-state index contributed by atoms with van der Waals surface area (Å²) in [5.74, 6) is -0.761. The summed E-state index contributed by atoms with van der Waals surface area (Å²) in [6.07, 6.45) is 1.71. The molecule has 4 nitrogen and oxygen atoms in total. The van der Waals surface area contributed by atoms with Gasteiger partial charge in [0.2, 0.25) is 5.91 Å². The van der Waals surface area contributed by atoms with E-state index in [1.165, 1.54) is 11.8 Å². The van der Waals surface area contributed by atoms with E-state index in [1.54, 1.807) is 0 Å². The molecule has 1 amide bonds. The van der Waals surface area contributed by atoms with Crippen LogP contribution in [0.4, 0.5) is 0 Å². The molecule has 21 heavy (non-hydrogen) atoms. The Labute approximate surface area is 127 Å². The molecule has 2 rings (SSSR count). The minimum absolute atomic E-state index is 0.127. The Morgan fingerprint density at radius 1 is 1.19 bits per heavy atom. The highest BCUT2D eigenvalue weighted by Gasteiger charge is 2.18. The van der Waals surface area contributed by atoms with Crippen molar-refractivity contribution in [2.75, 3.05) is 12.0 Å². The number of hydrogen-bond acceptors (Lipinski definition) is 3. The third-order valence-corrected chi connectivity index (χ3v) is 3.72. The van der Waals surface area contributed by atoms with E-state index in [0.717, 1.165) is 16.3 Å². The summed E-state index contributed by atoms with van der Waals surface area (Å²) in [4.78, 5) is 22.8. The molecular formula is C16H17NO3S. The van der Waals surface area contributed by atoms with Crippen molar-refractivity contribution in [2.45, 2.75) is 12.5 Å². The summed E-state index contributed by atoms with van der Waals surface area (Å²) in [7, 11) is 0. The second kappa shape index (κ2) is 7.13. The lowest BCUT2D eigenvalue weighted by atomic mass is 9.99. The highest BCUT2D eigenvalue weighted by Crippen LogP contribution is 2.22. The van der Waals surface area contributed by atoms with Crippen molar-refractivity contribution in [3.8, 4) is 0 Å². The van der Waals surface area contributed by atoms with Crippen LogP contribution in [0.25, 0.3) is 10.8 Å². The van der Waals surface area contributed by atoms with Crippen LogP contribution in [0.2, 0.25) is 0 Å². The van der Waals surface area contributed by atoms with Crippen molar-refractivity contribution in [3.63, 3.8) is 0 Å². The normalized spacial score (nSPS) is 12.0. The molecule has 0 heterocycles. The second-order valence-electron chi connectivity index (χ2n) is 4.76. The molecule has 0 fully saturated rings. The van der Waals surface area contributed by atoms with E-state index >= 15 is 0 Å². The smallest absolute Gasteiger partial charge is 0.305 e. The molecule has 5 heteroatoms. The topological polar surface area (TPSA) is 66.4 Å². The van der Waals surface area contributed by atoms with Crippen LogP contribution in [-0.2, 0) is 9.59 Å². The minimum Gasteiger partial charge on any atom is -0.481 e. The predicted molar refractivity (Wildman–Crippen MR) is 85.5 cm³/mol.